The van der Waals surface area contributed by atoms with Crippen LogP contribution in [0.4, 0.5) is 5.69 Å². The number of aryl methyl sites for hydroxylation is 1. The Morgan fingerprint density at radius 1 is 1.22 bits per heavy atom. The van der Waals surface area contributed by atoms with Crippen LogP contribution in [0.1, 0.15) is 17.2 Å². The fourth-order valence-corrected chi connectivity index (χ4v) is 2.41. The van der Waals surface area contributed by atoms with Crippen molar-refractivity contribution in [1.82, 2.24) is 20.2 Å². The summed E-state index contributed by atoms with van der Waals surface area (Å²) in [6.07, 6.45) is 1.42. The average Bonchev–Trinajstić information content (AvgIpc) is 3.06. The van der Waals surface area contributed by atoms with E-state index >= 15 is 0 Å². The van der Waals surface area contributed by atoms with Gasteiger partial charge >= 0.3 is 0 Å². The highest BCUT2D eigenvalue weighted by atomic mass is 35.5. The molecule has 0 spiro atoms. The molecule has 1 atom stereocenters. The number of carbonyl (C=O) groups is 1. The van der Waals surface area contributed by atoms with Crippen LogP contribution in [0.5, 0.6) is 0 Å². The van der Waals surface area contributed by atoms with Crippen LogP contribution in [0.15, 0.2) is 54.9 Å². The quantitative estimate of drug-likeness (QED) is 0.799. The highest BCUT2D eigenvalue weighted by molar-refractivity contribution is 6.31. The standard InChI is InChI=1S/C16H14ClN5O/c1-11-7-8-13(9-14(11)17)19-16(23)15(22-10-18-20-21-22)12-5-3-2-4-6-12/h2-10,15H,1H3,(H,19,23). The minimum absolute atomic E-state index is 0.247. The Bertz CT molecular complexity index is 805. The maximum Gasteiger partial charge on any atom is 0.253 e. The fourth-order valence-electron chi connectivity index (χ4n) is 2.23. The minimum atomic E-state index is -0.661. The van der Waals surface area contributed by atoms with Gasteiger partial charge in [0.2, 0.25) is 0 Å². The summed E-state index contributed by atoms with van der Waals surface area (Å²) < 4.78 is 1.42. The Morgan fingerprint density at radius 2 is 2.00 bits per heavy atom. The van der Waals surface area contributed by atoms with Gasteiger partial charge in [-0.2, -0.15) is 0 Å². The summed E-state index contributed by atoms with van der Waals surface area (Å²) in [5.41, 5.74) is 2.36. The molecule has 0 aliphatic carbocycles. The van der Waals surface area contributed by atoms with Gasteiger partial charge in [0, 0.05) is 10.7 Å². The van der Waals surface area contributed by atoms with E-state index in [9.17, 15) is 4.79 Å². The summed E-state index contributed by atoms with van der Waals surface area (Å²) in [6.45, 7) is 1.90. The molecule has 1 unspecified atom stereocenters. The molecule has 1 aromatic heterocycles. The first-order valence-corrected chi connectivity index (χ1v) is 7.37. The Hall–Kier alpha value is -2.73. The molecule has 6 nitrogen and oxygen atoms in total. The number of hydrogen-bond acceptors (Lipinski definition) is 4. The van der Waals surface area contributed by atoms with Gasteiger partial charge in [-0.05, 0) is 40.6 Å². The van der Waals surface area contributed by atoms with Crippen LogP contribution in [-0.2, 0) is 4.79 Å². The van der Waals surface area contributed by atoms with Crippen LogP contribution in [0.3, 0.4) is 0 Å². The highest BCUT2D eigenvalue weighted by Crippen LogP contribution is 2.23. The van der Waals surface area contributed by atoms with Crippen LogP contribution in [-0.4, -0.2) is 26.1 Å². The smallest absolute Gasteiger partial charge is 0.253 e. The van der Waals surface area contributed by atoms with Crippen LogP contribution in [0.2, 0.25) is 5.02 Å². The van der Waals surface area contributed by atoms with E-state index < -0.39 is 6.04 Å². The van der Waals surface area contributed by atoms with E-state index in [-0.39, 0.29) is 5.91 Å². The lowest BCUT2D eigenvalue weighted by molar-refractivity contribution is -0.118. The summed E-state index contributed by atoms with van der Waals surface area (Å²) in [5, 5.41) is 14.5. The Morgan fingerprint density at radius 3 is 2.65 bits per heavy atom. The van der Waals surface area contributed by atoms with Gasteiger partial charge in [0.15, 0.2) is 6.04 Å². The van der Waals surface area contributed by atoms with Crippen molar-refractivity contribution in [3.05, 3.63) is 71.0 Å². The van der Waals surface area contributed by atoms with Gasteiger partial charge in [0.25, 0.3) is 5.91 Å². The van der Waals surface area contributed by atoms with Crippen LogP contribution in [0, 0.1) is 6.92 Å². The number of nitrogens with one attached hydrogen (secondary N) is 1. The van der Waals surface area contributed by atoms with Crippen molar-refractivity contribution in [3.8, 4) is 0 Å². The van der Waals surface area contributed by atoms with E-state index in [0.29, 0.717) is 10.7 Å². The minimum Gasteiger partial charge on any atom is -0.324 e. The second kappa shape index (κ2) is 6.58. The lowest BCUT2D eigenvalue weighted by Crippen LogP contribution is -2.27. The van der Waals surface area contributed by atoms with Crippen molar-refractivity contribution in [1.29, 1.82) is 0 Å². The molecule has 0 saturated heterocycles. The molecule has 2 aromatic carbocycles. The first kappa shape index (κ1) is 15.2. The van der Waals surface area contributed by atoms with Gasteiger partial charge in [0.05, 0.1) is 0 Å². The van der Waals surface area contributed by atoms with Crippen molar-refractivity contribution in [2.24, 2.45) is 0 Å². The molecule has 0 saturated carbocycles. The number of rotatable bonds is 4. The molecular formula is C16H14ClN5O. The Kier molecular flexibility index (Phi) is 4.34. The van der Waals surface area contributed by atoms with Gasteiger partial charge in [-0.1, -0.05) is 48.0 Å². The number of halogens is 1. The summed E-state index contributed by atoms with van der Waals surface area (Å²) >= 11 is 6.10. The molecule has 1 N–H and O–H groups in total. The average molecular weight is 328 g/mol. The zero-order valence-electron chi connectivity index (χ0n) is 12.3. The van der Waals surface area contributed by atoms with Gasteiger partial charge in [-0.15, -0.1) is 5.10 Å². The molecule has 0 aliphatic heterocycles. The molecule has 7 heteroatoms. The Balaban J connectivity index is 1.90. The second-order valence-corrected chi connectivity index (χ2v) is 5.46. The molecule has 1 amide bonds. The predicted molar refractivity (Wildman–Crippen MR) is 87.2 cm³/mol. The van der Waals surface area contributed by atoms with Crippen LogP contribution < -0.4 is 5.32 Å². The van der Waals surface area contributed by atoms with Gasteiger partial charge in [0.1, 0.15) is 6.33 Å². The highest BCUT2D eigenvalue weighted by Gasteiger charge is 2.24. The molecule has 1 heterocycles. The van der Waals surface area contributed by atoms with Gasteiger partial charge in [-0.3, -0.25) is 4.79 Å². The SMILES string of the molecule is Cc1ccc(NC(=O)C(c2ccccc2)n2cnnn2)cc1Cl. The van der Waals surface area contributed by atoms with Crippen molar-refractivity contribution in [2.45, 2.75) is 13.0 Å². The maximum atomic E-state index is 12.7. The van der Waals surface area contributed by atoms with Crippen molar-refractivity contribution in [2.75, 3.05) is 5.32 Å². The second-order valence-electron chi connectivity index (χ2n) is 5.06. The zero-order chi connectivity index (χ0) is 16.2. The van der Waals surface area contributed by atoms with Gasteiger partial charge < -0.3 is 5.32 Å². The third-order valence-corrected chi connectivity index (χ3v) is 3.84. The topological polar surface area (TPSA) is 72.7 Å². The van der Waals surface area contributed by atoms with Crippen molar-refractivity contribution in [3.63, 3.8) is 0 Å². The summed E-state index contributed by atoms with van der Waals surface area (Å²) in [6, 6.07) is 14.0. The molecule has 0 fully saturated rings. The van der Waals surface area contributed by atoms with E-state index in [4.69, 9.17) is 11.6 Å². The van der Waals surface area contributed by atoms with E-state index in [2.05, 4.69) is 20.8 Å². The number of benzene rings is 2. The monoisotopic (exact) mass is 327 g/mol. The molecule has 0 bridgehead atoms. The number of aromatic nitrogens is 4. The zero-order valence-corrected chi connectivity index (χ0v) is 13.1. The van der Waals surface area contributed by atoms with E-state index in [1.165, 1.54) is 11.0 Å². The number of tetrazole rings is 1. The third-order valence-electron chi connectivity index (χ3n) is 3.43. The normalized spacial score (nSPS) is 11.9. The summed E-state index contributed by atoms with van der Waals surface area (Å²) in [4.78, 5) is 12.7. The van der Waals surface area contributed by atoms with Crippen molar-refractivity contribution < 1.29 is 4.79 Å². The number of carbonyl (C=O) groups excluding carboxylic acids is 1. The summed E-state index contributed by atoms with van der Waals surface area (Å²) in [7, 11) is 0. The molecule has 0 aliphatic rings. The maximum absolute atomic E-state index is 12.7. The molecule has 116 valence electrons. The number of anilines is 1. The summed E-state index contributed by atoms with van der Waals surface area (Å²) in [5.74, 6) is -0.247. The number of amides is 1. The van der Waals surface area contributed by atoms with E-state index in [1.54, 1.807) is 12.1 Å². The largest absolute Gasteiger partial charge is 0.324 e. The van der Waals surface area contributed by atoms with E-state index in [1.807, 2.05) is 43.3 Å². The lowest BCUT2D eigenvalue weighted by atomic mass is 10.1. The fraction of sp³-hybridized carbons (Fsp3) is 0.125. The first-order chi connectivity index (χ1) is 11.1. The predicted octanol–water partition coefficient (Wildman–Crippen LogP) is 2.86. The molecule has 0 radical (unpaired) electrons. The molecule has 3 aromatic rings. The van der Waals surface area contributed by atoms with Gasteiger partial charge in [-0.25, -0.2) is 4.68 Å². The molecule has 3 rings (SSSR count). The third kappa shape index (κ3) is 3.37. The van der Waals surface area contributed by atoms with E-state index in [0.717, 1.165) is 11.1 Å². The van der Waals surface area contributed by atoms with Crippen LogP contribution in [0.25, 0.3) is 0 Å². The van der Waals surface area contributed by atoms with Crippen molar-refractivity contribution >= 4 is 23.2 Å². The lowest BCUT2D eigenvalue weighted by Gasteiger charge is -2.17. The first-order valence-electron chi connectivity index (χ1n) is 6.99. The molecular weight excluding hydrogens is 314 g/mol. The number of hydrogen-bond donors (Lipinski definition) is 1. The molecule has 23 heavy (non-hydrogen) atoms. The Labute approximate surface area is 138 Å². The number of nitrogens with zero attached hydrogens (tertiary/aromatic N) is 4. The van der Waals surface area contributed by atoms with Crippen LogP contribution >= 0.6 is 11.6 Å².